The lowest BCUT2D eigenvalue weighted by Crippen LogP contribution is -2.05. The van der Waals surface area contributed by atoms with Crippen molar-refractivity contribution in [2.45, 2.75) is 64.7 Å². The second-order valence-corrected chi connectivity index (χ2v) is 5.64. The second kappa shape index (κ2) is 6.27. The van der Waals surface area contributed by atoms with Gasteiger partial charge in [0.1, 0.15) is 0 Å². The van der Waals surface area contributed by atoms with E-state index in [4.69, 9.17) is 0 Å². The highest BCUT2D eigenvalue weighted by Gasteiger charge is 2.26. The van der Waals surface area contributed by atoms with Gasteiger partial charge in [0.15, 0.2) is 0 Å². The maximum atomic E-state index is 2.45. The number of hydrogen-bond donors (Lipinski definition) is 0. The molecule has 0 radical (unpaired) electrons. The van der Waals surface area contributed by atoms with Crippen LogP contribution in [0.4, 0.5) is 0 Å². The number of fused-ring (bicyclic) bond motifs is 1. The summed E-state index contributed by atoms with van der Waals surface area (Å²) in [4.78, 5) is 0. The minimum atomic E-state index is 0.907. The van der Waals surface area contributed by atoms with Crippen molar-refractivity contribution in [1.82, 2.24) is 0 Å². The Bertz CT molecular complexity index is 259. The van der Waals surface area contributed by atoms with E-state index in [2.05, 4.69) is 25.2 Å². The molecule has 0 amide bonds. The molecule has 0 N–H and O–H groups in total. The monoisotopic (exact) mass is 218 g/mol. The zero-order chi connectivity index (χ0) is 11.2. The van der Waals surface area contributed by atoms with Gasteiger partial charge in [-0.05, 0) is 43.9 Å². The third kappa shape index (κ3) is 3.23. The third-order valence-electron chi connectivity index (χ3n) is 4.38. The van der Waals surface area contributed by atoms with E-state index in [1.165, 1.54) is 57.8 Å². The van der Waals surface area contributed by atoms with Gasteiger partial charge in [-0.2, -0.15) is 0 Å². The van der Waals surface area contributed by atoms with Crippen molar-refractivity contribution in [3.8, 4) is 0 Å². The molecular formula is C16H26. The fourth-order valence-corrected chi connectivity index (χ4v) is 3.27. The molecule has 1 fully saturated rings. The zero-order valence-electron chi connectivity index (χ0n) is 10.8. The fourth-order valence-electron chi connectivity index (χ4n) is 3.27. The first-order chi connectivity index (χ1) is 7.88. The Morgan fingerprint density at radius 1 is 1.00 bits per heavy atom. The molecule has 0 aromatic rings. The van der Waals surface area contributed by atoms with Crippen LogP contribution in [0.15, 0.2) is 23.8 Å². The van der Waals surface area contributed by atoms with Gasteiger partial charge in [0.05, 0.1) is 0 Å². The van der Waals surface area contributed by atoms with Crippen molar-refractivity contribution in [3.05, 3.63) is 23.8 Å². The van der Waals surface area contributed by atoms with Crippen LogP contribution in [0.2, 0.25) is 0 Å². The van der Waals surface area contributed by atoms with Crippen molar-refractivity contribution in [2.75, 3.05) is 0 Å². The Labute approximate surface area is 101 Å². The molecule has 90 valence electrons. The predicted octanol–water partition coefficient (Wildman–Crippen LogP) is 5.26. The first-order valence-electron chi connectivity index (χ1n) is 7.23. The van der Waals surface area contributed by atoms with Crippen LogP contribution >= 0.6 is 0 Å². The van der Waals surface area contributed by atoms with E-state index in [0.29, 0.717) is 0 Å². The Balaban J connectivity index is 2.01. The van der Waals surface area contributed by atoms with Crippen LogP contribution in [-0.2, 0) is 0 Å². The number of rotatable bonds is 0. The van der Waals surface area contributed by atoms with E-state index in [1.54, 1.807) is 5.57 Å². The first-order valence-corrected chi connectivity index (χ1v) is 7.23. The van der Waals surface area contributed by atoms with Gasteiger partial charge in [-0.1, -0.05) is 56.4 Å². The van der Waals surface area contributed by atoms with Gasteiger partial charge < -0.3 is 0 Å². The normalized spacial score (nSPS) is 32.4. The van der Waals surface area contributed by atoms with Crippen molar-refractivity contribution in [3.63, 3.8) is 0 Å². The number of allylic oxidation sites excluding steroid dienone is 4. The second-order valence-electron chi connectivity index (χ2n) is 5.64. The molecule has 0 heterocycles. The van der Waals surface area contributed by atoms with Crippen molar-refractivity contribution in [2.24, 2.45) is 11.8 Å². The fraction of sp³-hybridized carbons (Fsp3) is 0.750. The summed E-state index contributed by atoms with van der Waals surface area (Å²) in [5, 5.41) is 0. The summed E-state index contributed by atoms with van der Waals surface area (Å²) in [6.45, 7) is 2.45. The highest BCUT2D eigenvalue weighted by Crippen LogP contribution is 2.39. The third-order valence-corrected chi connectivity index (χ3v) is 4.38. The molecule has 0 aliphatic heterocycles. The Morgan fingerprint density at radius 2 is 1.81 bits per heavy atom. The van der Waals surface area contributed by atoms with E-state index in [0.717, 1.165) is 11.8 Å². The summed E-state index contributed by atoms with van der Waals surface area (Å²) >= 11 is 0. The molecule has 0 nitrogen and oxygen atoms in total. The Kier molecular flexibility index (Phi) is 4.69. The van der Waals surface area contributed by atoms with E-state index < -0.39 is 0 Å². The zero-order valence-corrected chi connectivity index (χ0v) is 10.8. The molecule has 2 rings (SSSR count). The molecule has 0 aromatic heterocycles. The van der Waals surface area contributed by atoms with Gasteiger partial charge in [-0.25, -0.2) is 0 Å². The maximum Gasteiger partial charge on any atom is -0.0174 e. The molecule has 2 unspecified atom stereocenters. The van der Waals surface area contributed by atoms with Crippen LogP contribution in [-0.4, -0.2) is 0 Å². The smallest absolute Gasteiger partial charge is 0.0174 e. The molecule has 0 spiro atoms. The maximum absolute atomic E-state index is 2.45. The first kappa shape index (κ1) is 12.0. The van der Waals surface area contributed by atoms with Crippen LogP contribution in [0.1, 0.15) is 64.7 Å². The van der Waals surface area contributed by atoms with E-state index in [9.17, 15) is 0 Å². The van der Waals surface area contributed by atoms with Crippen molar-refractivity contribution in [1.29, 1.82) is 0 Å². The number of hydrogen-bond acceptors (Lipinski definition) is 0. The summed E-state index contributed by atoms with van der Waals surface area (Å²) in [5.41, 5.74) is 1.74. The molecule has 0 saturated heterocycles. The molecule has 2 aliphatic carbocycles. The molecule has 2 atom stereocenters. The van der Waals surface area contributed by atoms with E-state index in [-0.39, 0.29) is 0 Å². The highest BCUT2D eigenvalue weighted by atomic mass is 14.3. The van der Waals surface area contributed by atoms with Crippen LogP contribution < -0.4 is 0 Å². The minimum Gasteiger partial charge on any atom is -0.0845 e. The lowest BCUT2D eigenvalue weighted by molar-refractivity contribution is 0.411. The molecular weight excluding hydrogens is 192 g/mol. The lowest BCUT2D eigenvalue weighted by Gasteiger charge is -2.17. The summed E-state index contributed by atoms with van der Waals surface area (Å²) < 4.78 is 0. The average molecular weight is 218 g/mol. The van der Waals surface area contributed by atoms with Crippen molar-refractivity contribution >= 4 is 0 Å². The van der Waals surface area contributed by atoms with Crippen LogP contribution in [0, 0.1) is 11.8 Å². The molecule has 0 aromatic carbocycles. The van der Waals surface area contributed by atoms with Crippen LogP contribution in [0.5, 0.6) is 0 Å². The summed E-state index contributed by atoms with van der Waals surface area (Å²) in [7, 11) is 0. The van der Waals surface area contributed by atoms with Gasteiger partial charge in [0.2, 0.25) is 0 Å². The van der Waals surface area contributed by atoms with Gasteiger partial charge in [0, 0.05) is 0 Å². The highest BCUT2D eigenvalue weighted by molar-refractivity contribution is 5.19. The molecule has 0 heteroatoms. The standard InChI is InChI=1S/C16H26/c1-14-12-13-15-10-8-6-4-2-3-5-7-9-11-16(14)15/h6,8,10,14,16H,2-5,7,9,11-13H2,1H3. The van der Waals surface area contributed by atoms with Crippen LogP contribution in [0.3, 0.4) is 0 Å². The van der Waals surface area contributed by atoms with Crippen molar-refractivity contribution < 1.29 is 0 Å². The summed E-state index contributed by atoms with van der Waals surface area (Å²) in [6.07, 6.45) is 19.8. The quantitative estimate of drug-likeness (QED) is 0.520. The summed E-state index contributed by atoms with van der Waals surface area (Å²) in [5.74, 6) is 1.84. The van der Waals surface area contributed by atoms with Gasteiger partial charge >= 0.3 is 0 Å². The molecule has 1 saturated carbocycles. The van der Waals surface area contributed by atoms with Gasteiger partial charge in [0.25, 0.3) is 0 Å². The molecule has 0 bridgehead atoms. The van der Waals surface area contributed by atoms with Gasteiger partial charge in [-0.15, -0.1) is 0 Å². The van der Waals surface area contributed by atoms with Gasteiger partial charge in [-0.3, -0.25) is 0 Å². The van der Waals surface area contributed by atoms with E-state index >= 15 is 0 Å². The minimum absolute atomic E-state index is 0.907. The predicted molar refractivity (Wildman–Crippen MR) is 71.4 cm³/mol. The molecule has 2 aliphatic rings. The lowest BCUT2D eigenvalue weighted by atomic mass is 9.88. The Hall–Kier alpha value is -0.520. The topological polar surface area (TPSA) is 0 Å². The Morgan fingerprint density at radius 3 is 2.75 bits per heavy atom. The van der Waals surface area contributed by atoms with Crippen LogP contribution in [0.25, 0.3) is 0 Å². The molecule has 16 heavy (non-hydrogen) atoms. The summed E-state index contributed by atoms with van der Waals surface area (Å²) in [6, 6.07) is 0. The largest absolute Gasteiger partial charge is 0.0845 e. The SMILES string of the molecule is CC1CCC2=CC=CCCCCCCCC21. The van der Waals surface area contributed by atoms with E-state index in [1.807, 2.05) is 0 Å². The average Bonchev–Trinajstić information content (AvgIpc) is 2.60.